The van der Waals surface area contributed by atoms with E-state index >= 15 is 0 Å². The van der Waals surface area contributed by atoms with E-state index in [4.69, 9.17) is 0 Å². The quantitative estimate of drug-likeness (QED) is 0.588. The second kappa shape index (κ2) is 6.09. The monoisotopic (exact) mass is 383 g/mol. The molecule has 0 saturated carbocycles. The first-order valence-corrected chi connectivity index (χ1v) is 8.32. The van der Waals surface area contributed by atoms with Crippen molar-refractivity contribution < 1.29 is 0 Å². The molecular weight excluding hydrogens is 370 g/mol. The van der Waals surface area contributed by atoms with Crippen LogP contribution in [0.3, 0.4) is 0 Å². The highest BCUT2D eigenvalue weighted by Gasteiger charge is 2.05. The van der Waals surface area contributed by atoms with Gasteiger partial charge in [-0.15, -0.1) is 0 Å². The minimum Gasteiger partial charge on any atom is -0.383 e. The van der Waals surface area contributed by atoms with Gasteiger partial charge in [0, 0.05) is 47.2 Å². The predicted molar refractivity (Wildman–Crippen MR) is 97.4 cm³/mol. The SMILES string of the molecule is O=c1c2ccnn2ccn1CCNc1ccnc2ccc(Br)cc12. The molecule has 24 heavy (non-hydrogen) atoms. The molecular formula is C17H14BrN5O. The van der Waals surface area contributed by atoms with Gasteiger partial charge < -0.3 is 9.88 Å². The van der Waals surface area contributed by atoms with Crippen LogP contribution in [0.5, 0.6) is 0 Å². The van der Waals surface area contributed by atoms with Crippen LogP contribution in [0.1, 0.15) is 0 Å². The van der Waals surface area contributed by atoms with Crippen LogP contribution in [-0.2, 0) is 6.54 Å². The maximum atomic E-state index is 12.3. The molecule has 0 fully saturated rings. The van der Waals surface area contributed by atoms with Crippen molar-refractivity contribution in [3.05, 3.63) is 69.9 Å². The van der Waals surface area contributed by atoms with Crippen LogP contribution in [0, 0.1) is 0 Å². The summed E-state index contributed by atoms with van der Waals surface area (Å²) in [5.74, 6) is 0. The van der Waals surface area contributed by atoms with Gasteiger partial charge in [-0.25, -0.2) is 4.52 Å². The zero-order valence-electron chi connectivity index (χ0n) is 12.7. The van der Waals surface area contributed by atoms with Crippen molar-refractivity contribution in [1.82, 2.24) is 19.2 Å². The summed E-state index contributed by atoms with van der Waals surface area (Å²) in [6, 6.07) is 9.65. The zero-order valence-corrected chi connectivity index (χ0v) is 14.3. The van der Waals surface area contributed by atoms with E-state index in [2.05, 4.69) is 31.3 Å². The molecule has 3 aromatic heterocycles. The lowest BCUT2D eigenvalue weighted by Gasteiger charge is -2.11. The van der Waals surface area contributed by atoms with Gasteiger partial charge >= 0.3 is 0 Å². The number of pyridine rings is 1. The number of nitrogens with one attached hydrogen (secondary N) is 1. The number of fused-ring (bicyclic) bond motifs is 2. The van der Waals surface area contributed by atoms with Crippen molar-refractivity contribution in [3.8, 4) is 0 Å². The third-order valence-electron chi connectivity index (χ3n) is 3.91. The lowest BCUT2D eigenvalue weighted by Crippen LogP contribution is -2.24. The molecule has 0 radical (unpaired) electrons. The summed E-state index contributed by atoms with van der Waals surface area (Å²) in [5, 5.41) is 8.50. The molecule has 1 N–H and O–H groups in total. The predicted octanol–water partition coefficient (Wildman–Crippen LogP) is 2.92. The van der Waals surface area contributed by atoms with E-state index in [0.717, 1.165) is 21.1 Å². The van der Waals surface area contributed by atoms with Gasteiger partial charge in [0.05, 0.1) is 11.7 Å². The molecule has 0 aliphatic carbocycles. The topological polar surface area (TPSA) is 64.2 Å². The van der Waals surface area contributed by atoms with E-state index in [0.29, 0.717) is 18.6 Å². The van der Waals surface area contributed by atoms with Gasteiger partial charge in [0.2, 0.25) is 0 Å². The Morgan fingerprint density at radius 2 is 2.04 bits per heavy atom. The fraction of sp³-hybridized carbons (Fsp3) is 0.118. The van der Waals surface area contributed by atoms with Gasteiger partial charge in [-0.1, -0.05) is 15.9 Å². The van der Waals surface area contributed by atoms with E-state index in [-0.39, 0.29) is 5.56 Å². The van der Waals surface area contributed by atoms with Crippen molar-refractivity contribution in [1.29, 1.82) is 0 Å². The number of benzene rings is 1. The Balaban J connectivity index is 1.56. The Kier molecular flexibility index (Phi) is 3.78. The first-order valence-electron chi connectivity index (χ1n) is 7.53. The summed E-state index contributed by atoms with van der Waals surface area (Å²) >= 11 is 3.49. The number of anilines is 1. The Morgan fingerprint density at radius 1 is 1.12 bits per heavy atom. The van der Waals surface area contributed by atoms with Gasteiger partial charge in [-0.2, -0.15) is 5.10 Å². The molecule has 0 atom stereocenters. The number of hydrogen-bond donors (Lipinski definition) is 1. The van der Waals surface area contributed by atoms with E-state index < -0.39 is 0 Å². The summed E-state index contributed by atoms with van der Waals surface area (Å²) in [5.41, 5.74) is 2.47. The molecule has 4 aromatic rings. The highest BCUT2D eigenvalue weighted by molar-refractivity contribution is 9.10. The van der Waals surface area contributed by atoms with Crippen LogP contribution in [0.25, 0.3) is 16.4 Å². The second-order valence-electron chi connectivity index (χ2n) is 5.40. The van der Waals surface area contributed by atoms with Crippen LogP contribution in [0.4, 0.5) is 5.69 Å². The normalized spacial score (nSPS) is 11.2. The van der Waals surface area contributed by atoms with Crippen molar-refractivity contribution in [2.45, 2.75) is 6.54 Å². The second-order valence-corrected chi connectivity index (χ2v) is 6.32. The fourth-order valence-corrected chi connectivity index (χ4v) is 3.08. The third kappa shape index (κ3) is 2.67. The van der Waals surface area contributed by atoms with Crippen LogP contribution in [0.15, 0.2) is 64.4 Å². The van der Waals surface area contributed by atoms with E-state index in [1.807, 2.05) is 24.3 Å². The first-order chi connectivity index (χ1) is 11.7. The van der Waals surface area contributed by atoms with Gasteiger partial charge in [0.1, 0.15) is 5.52 Å². The number of aromatic nitrogens is 4. The number of hydrogen-bond acceptors (Lipinski definition) is 4. The minimum absolute atomic E-state index is 0.0425. The number of rotatable bonds is 4. The average molecular weight is 384 g/mol. The fourth-order valence-electron chi connectivity index (χ4n) is 2.72. The molecule has 0 saturated heterocycles. The molecule has 0 unspecified atom stereocenters. The maximum absolute atomic E-state index is 12.3. The number of nitrogens with zero attached hydrogens (tertiary/aromatic N) is 4. The van der Waals surface area contributed by atoms with Gasteiger partial charge in [0.15, 0.2) is 0 Å². The van der Waals surface area contributed by atoms with E-state index in [1.165, 1.54) is 0 Å². The highest BCUT2D eigenvalue weighted by Crippen LogP contribution is 2.24. The van der Waals surface area contributed by atoms with E-state index in [1.54, 1.807) is 39.9 Å². The van der Waals surface area contributed by atoms with Crippen molar-refractivity contribution in [2.24, 2.45) is 0 Å². The number of halogens is 1. The van der Waals surface area contributed by atoms with Crippen LogP contribution >= 0.6 is 15.9 Å². The average Bonchev–Trinajstić information content (AvgIpc) is 3.07. The summed E-state index contributed by atoms with van der Waals surface area (Å²) in [7, 11) is 0. The molecule has 120 valence electrons. The summed E-state index contributed by atoms with van der Waals surface area (Å²) in [6.07, 6.45) is 6.95. The Bertz CT molecular complexity index is 1090. The van der Waals surface area contributed by atoms with Crippen molar-refractivity contribution in [3.63, 3.8) is 0 Å². The smallest absolute Gasteiger partial charge is 0.276 e. The molecule has 0 aliphatic heterocycles. The van der Waals surface area contributed by atoms with E-state index in [9.17, 15) is 4.79 Å². The van der Waals surface area contributed by atoms with Crippen molar-refractivity contribution in [2.75, 3.05) is 11.9 Å². The lowest BCUT2D eigenvalue weighted by molar-refractivity contribution is 0.688. The van der Waals surface area contributed by atoms with Crippen LogP contribution in [-0.4, -0.2) is 25.7 Å². The molecule has 6 nitrogen and oxygen atoms in total. The first kappa shape index (κ1) is 14.9. The molecule has 1 aromatic carbocycles. The molecule has 0 bridgehead atoms. The minimum atomic E-state index is -0.0425. The summed E-state index contributed by atoms with van der Waals surface area (Å²) in [6.45, 7) is 1.20. The van der Waals surface area contributed by atoms with Crippen molar-refractivity contribution >= 4 is 38.0 Å². The van der Waals surface area contributed by atoms with Gasteiger partial charge in [0.25, 0.3) is 5.56 Å². The third-order valence-corrected chi connectivity index (χ3v) is 4.40. The summed E-state index contributed by atoms with van der Waals surface area (Å²) in [4.78, 5) is 16.7. The molecule has 0 spiro atoms. The maximum Gasteiger partial charge on any atom is 0.276 e. The molecule has 3 heterocycles. The molecule has 0 aliphatic rings. The standard InChI is InChI=1S/C17H14BrN5O/c18-12-1-2-14-13(11-12)15(3-5-19-14)20-7-8-22-9-10-23-16(17(22)24)4-6-21-23/h1-6,9-11H,7-8H2,(H,19,20). The molecule has 0 amide bonds. The molecule has 7 heteroatoms. The molecule has 4 rings (SSSR count). The lowest BCUT2D eigenvalue weighted by atomic mass is 10.2. The highest BCUT2D eigenvalue weighted by atomic mass is 79.9. The zero-order chi connectivity index (χ0) is 16.5. The van der Waals surface area contributed by atoms with Crippen LogP contribution in [0.2, 0.25) is 0 Å². The van der Waals surface area contributed by atoms with Gasteiger partial charge in [-0.05, 0) is 30.3 Å². The van der Waals surface area contributed by atoms with Gasteiger partial charge in [-0.3, -0.25) is 9.78 Å². The Morgan fingerprint density at radius 3 is 2.96 bits per heavy atom. The largest absolute Gasteiger partial charge is 0.383 e. The van der Waals surface area contributed by atoms with Crippen LogP contribution < -0.4 is 10.9 Å². The Labute approximate surface area is 145 Å². The summed E-state index contributed by atoms with van der Waals surface area (Å²) < 4.78 is 4.28. The Hall–Kier alpha value is -2.67.